The topological polar surface area (TPSA) is 154 Å². The van der Waals surface area contributed by atoms with Gasteiger partial charge < -0.3 is 18.7 Å². The van der Waals surface area contributed by atoms with E-state index in [0.29, 0.717) is 22.0 Å². The van der Waals surface area contributed by atoms with E-state index in [9.17, 15) is 26.8 Å². The molecule has 1 saturated heterocycles. The van der Waals surface area contributed by atoms with Crippen molar-refractivity contribution in [2.75, 3.05) is 31.8 Å². The van der Waals surface area contributed by atoms with Gasteiger partial charge in [-0.25, -0.2) is 18.6 Å². The molecule has 1 fully saturated rings. The SMILES string of the molecule is COC(=O)C1(c2nc(C3=NOC(c4c(Cl)cccc4OS(C)(=O)=O)C3)cs2)CCN(C(=O)Nc2cc(C(F)F)nn2C)CC1. The monoisotopic (exact) mass is 672 g/mol. The molecule has 2 aliphatic rings. The molecule has 13 nitrogen and oxygen atoms in total. The van der Waals surface area contributed by atoms with E-state index in [4.69, 9.17) is 30.3 Å². The highest BCUT2D eigenvalue weighted by molar-refractivity contribution is 7.86. The molecule has 0 radical (unpaired) electrons. The maximum Gasteiger partial charge on any atom is 0.323 e. The summed E-state index contributed by atoms with van der Waals surface area (Å²) in [5.41, 5.74) is -0.355. The van der Waals surface area contributed by atoms with E-state index < -0.39 is 45.8 Å². The predicted molar refractivity (Wildman–Crippen MR) is 156 cm³/mol. The Morgan fingerprint density at radius 1 is 1.27 bits per heavy atom. The van der Waals surface area contributed by atoms with Gasteiger partial charge in [0, 0.05) is 38.0 Å². The van der Waals surface area contributed by atoms with Gasteiger partial charge in [-0.05, 0) is 25.0 Å². The number of ether oxygens (including phenoxy) is 1. The fourth-order valence-electron chi connectivity index (χ4n) is 5.07. The highest BCUT2D eigenvalue weighted by Crippen LogP contribution is 2.42. The van der Waals surface area contributed by atoms with Gasteiger partial charge in [0.05, 0.1) is 29.6 Å². The zero-order valence-corrected chi connectivity index (χ0v) is 26.0. The zero-order valence-electron chi connectivity index (χ0n) is 23.6. The number of hydrogen-bond donors (Lipinski definition) is 1. The van der Waals surface area contributed by atoms with E-state index >= 15 is 0 Å². The molecule has 44 heavy (non-hydrogen) atoms. The van der Waals surface area contributed by atoms with Crippen LogP contribution in [-0.4, -0.2) is 72.2 Å². The van der Waals surface area contributed by atoms with Crippen LogP contribution in [0.15, 0.2) is 34.8 Å². The number of methoxy groups -OCH3 is 1. The Bertz CT molecular complexity index is 1720. The van der Waals surface area contributed by atoms with Crippen molar-refractivity contribution in [2.24, 2.45) is 12.2 Å². The summed E-state index contributed by atoms with van der Waals surface area (Å²) in [7, 11) is -1.11. The van der Waals surface area contributed by atoms with Crippen molar-refractivity contribution < 1.29 is 40.5 Å². The molecule has 236 valence electrons. The Labute approximate surface area is 259 Å². The molecule has 2 aromatic heterocycles. The minimum atomic E-state index is -3.83. The number of hydrogen-bond acceptors (Lipinski definition) is 11. The number of urea groups is 1. The van der Waals surface area contributed by atoms with Crippen molar-refractivity contribution in [3.05, 3.63) is 56.6 Å². The average Bonchev–Trinajstić information content (AvgIpc) is 3.72. The first-order valence-electron chi connectivity index (χ1n) is 13.1. The highest BCUT2D eigenvalue weighted by atomic mass is 35.5. The van der Waals surface area contributed by atoms with Crippen molar-refractivity contribution in [1.29, 1.82) is 0 Å². The lowest BCUT2D eigenvalue weighted by molar-refractivity contribution is -0.149. The first-order chi connectivity index (χ1) is 20.8. The van der Waals surface area contributed by atoms with Crippen LogP contribution >= 0.6 is 22.9 Å². The third-order valence-electron chi connectivity index (χ3n) is 7.29. The number of carbonyl (C=O) groups is 2. The number of carbonyl (C=O) groups excluding carboxylic acids is 2. The maximum absolute atomic E-state index is 13.1. The number of benzene rings is 1. The normalized spacial score (nSPS) is 18.1. The number of piperidine rings is 1. The number of rotatable bonds is 8. The summed E-state index contributed by atoms with van der Waals surface area (Å²) in [5, 5.41) is 12.9. The van der Waals surface area contributed by atoms with E-state index in [0.717, 1.165) is 17.0 Å². The molecule has 0 spiro atoms. The summed E-state index contributed by atoms with van der Waals surface area (Å²) >= 11 is 7.61. The second kappa shape index (κ2) is 12.3. The minimum absolute atomic E-state index is 0.0266. The van der Waals surface area contributed by atoms with E-state index in [1.54, 1.807) is 17.5 Å². The molecular weight excluding hydrogens is 646 g/mol. The summed E-state index contributed by atoms with van der Waals surface area (Å²) in [6.45, 7) is 0.328. The Kier molecular flexibility index (Phi) is 8.82. The molecule has 0 saturated carbocycles. The van der Waals surface area contributed by atoms with Crippen LogP contribution < -0.4 is 9.50 Å². The van der Waals surface area contributed by atoms with Gasteiger partial charge in [-0.1, -0.05) is 22.8 Å². The first kappa shape index (κ1) is 31.6. The third kappa shape index (κ3) is 6.34. The maximum atomic E-state index is 13.1. The Hall–Kier alpha value is -3.83. The number of aromatic nitrogens is 3. The number of nitrogens with zero attached hydrogens (tertiary/aromatic N) is 5. The van der Waals surface area contributed by atoms with E-state index in [1.807, 2.05) is 0 Å². The number of thiazole rings is 1. The molecule has 0 aliphatic carbocycles. The second-order valence-corrected chi connectivity index (χ2v) is 13.0. The standard InChI is InChI=1S/C26H27ClF2N6O7S2/c1-34-20(12-16(32-34)22(28)29)31-25(37)35-9-7-26(8-10-35,24(36)40-2)23-30-17(13-43-23)15-11-19(41-33-15)21-14(27)5-4-6-18(21)42-44(3,38)39/h4-6,12-13,19,22H,7-11H2,1-3H3,(H,31,37). The molecule has 1 N–H and O–H groups in total. The van der Waals surface area contributed by atoms with Crippen LogP contribution in [0.25, 0.3) is 0 Å². The number of aryl methyl sites for hydroxylation is 1. The fourth-order valence-corrected chi connectivity index (χ4v) is 6.90. The third-order valence-corrected chi connectivity index (χ3v) is 9.15. The van der Waals surface area contributed by atoms with Crippen LogP contribution in [0.2, 0.25) is 5.02 Å². The molecule has 1 atom stereocenters. The molecule has 2 amide bonds. The van der Waals surface area contributed by atoms with Crippen LogP contribution in [0.5, 0.6) is 5.75 Å². The number of halogens is 3. The smallest absolute Gasteiger partial charge is 0.323 e. The lowest BCUT2D eigenvalue weighted by atomic mass is 9.79. The van der Waals surface area contributed by atoms with Gasteiger partial charge in [0.25, 0.3) is 6.43 Å². The lowest BCUT2D eigenvalue weighted by Gasteiger charge is -2.38. The summed E-state index contributed by atoms with van der Waals surface area (Å²) in [6, 6.07) is 5.19. The number of esters is 1. The number of oxime groups is 1. The number of amides is 2. The largest absolute Gasteiger partial charge is 0.468 e. The summed E-state index contributed by atoms with van der Waals surface area (Å²) in [6.07, 6.45) is -2.00. The van der Waals surface area contributed by atoms with Crippen molar-refractivity contribution in [3.63, 3.8) is 0 Å². The summed E-state index contributed by atoms with van der Waals surface area (Å²) in [4.78, 5) is 37.8. The van der Waals surface area contributed by atoms with Gasteiger partial charge in [0.2, 0.25) is 0 Å². The van der Waals surface area contributed by atoms with E-state index in [1.165, 1.54) is 36.5 Å². The van der Waals surface area contributed by atoms with Crippen LogP contribution in [0.3, 0.4) is 0 Å². The molecule has 18 heteroatoms. The molecule has 5 rings (SSSR count). The number of anilines is 1. The Morgan fingerprint density at radius 2 is 2.00 bits per heavy atom. The number of nitrogens with one attached hydrogen (secondary N) is 1. The van der Waals surface area contributed by atoms with Crippen molar-refractivity contribution in [1.82, 2.24) is 19.7 Å². The van der Waals surface area contributed by atoms with Crippen LogP contribution in [0.1, 0.15) is 53.8 Å². The second-order valence-electron chi connectivity index (χ2n) is 10.2. The van der Waals surface area contributed by atoms with Crippen molar-refractivity contribution >= 4 is 56.6 Å². The molecule has 4 heterocycles. The predicted octanol–water partition coefficient (Wildman–Crippen LogP) is 4.41. The van der Waals surface area contributed by atoms with Gasteiger partial charge in [0.1, 0.15) is 27.6 Å². The lowest BCUT2D eigenvalue weighted by Crippen LogP contribution is -2.50. The van der Waals surface area contributed by atoms with Crippen molar-refractivity contribution in [3.8, 4) is 5.75 Å². The summed E-state index contributed by atoms with van der Waals surface area (Å²) in [5.74, 6) is -0.365. The van der Waals surface area contributed by atoms with E-state index in [-0.39, 0.29) is 48.9 Å². The molecule has 0 bridgehead atoms. The Morgan fingerprint density at radius 3 is 2.64 bits per heavy atom. The van der Waals surface area contributed by atoms with Crippen molar-refractivity contribution in [2.45, 2.75) is 37.2 Å². The molecule has 1 unspecified atom stereocenters. The summed E-state index contributed by atoms with van der Waals surface area (Å²) < 4.78 is 60.9. The highest BCUT2D eigenvalue weighted by Gasteiger charge is 2.47. The van der Waals surface area contributed by atoms with Crippen LogP contribution in [0.4, 0.5) is 19.4 Å². The van der Waals surface area contributed by atoms with Gasteiger partial charge >= 0.3 is 22.1 Å². The number of alkyl halides is 2. The minimum Gasteiger partial charge on any atom is -0.468 e. The number of likely N-dealkylation sites (tertiary alicyclic amines) is 1. The van der Waals surface area contributed by atoms with Crippen LogP contribution in [0, 0.1) is 0 Å². The molecular formula is C26H27ClF2N6O7S2. The Balaban J connectivity index is 1.30. The molecule has 2 aliphatic heterocycles. The molecule has 1 aromatic carbocycles. The quantitative estimate of drug-likeness (QED) is 0.271. The molecule has 3 aromatic rings. The van der Waals surface area contributed by atoms with Gasteiger partial charge in [-0.3, -0.25) is 14.8 Å². The fraction of sp³-hybridized carbons (Fsp3) is 0.423. The first-order valence-corrected chi connectivity index (χ1v) is 16.2. The average molecular weight is 673 g/mol. The van der Waals surface area contributed by atoms with Gasteiger partial charge in [0.15, 0.2) is 11.9 Å². The van der Waals surface area contributed by atoms with E-state index in [2.05, 4.69) is 15.6 Å². The zero-order chi connectivity index (χ0) is 31.8. The van der Waals surface area contributed by atoms with Gasteiger partial charge in [-0.15, -0.1) is 11.3 Å². The van der Waals surface area contributed by atoms with Crippen LogP contribution in [-0.2, 0) is 36.9 Å². The van der Waals surface area contributed by atoms with Gasteiger partial charge in [-0.2, -0.15) is 13.5 Å².